The molecule has 1 aliphatic carbocycles. The van der Waals surface area contributed by atoms with Gasteiger partial charge < -0.3 is 20.6 Å². The molecule has 1 saturated carbocycles. The van der Waals surface area contributed by atoms with E-state index in [-0.39, 0.29) is 30.0 Å². The number of alkyl halides is 9. The summed E-state index contributed by atoms with van der Waals surface area (Å²) < 4.78 is 123. The first kappa shape index (κ1) is 37.7. The van der Waals surface area contributed by atoms with Crippen LogP contribution in [0.2, 0.25) is 0 Å². The number of aromatic nitrogens is 1. The number of pyridine rings is 1. The molecule has 0 spiro atoms. The zero-order valence-corrected chi connectivity index (χ0v) is 25.9. The molecule has 0 unspecified atom stereocenters. The Balaban J connectivity index is 2.08. The quantitative estimate of drug-likeness (QED) is 0.109. The predicted octanol–water partition coefficient (Wildman–Crippen LogP) is 6.93. The van der Waals surface area contributed by atoms with Gasteiger partial charge in [-0.1, -0.05) is 12.8 Å². The van der Waals surface area contributed by atoms with Gasteiger partial charge in [0.2, 0.25) is 5.96 Å². The van der Waals surface area contributed by atoms with Crippen LogP contribution in [0.5, 0.6) is 0 Å². The Morgan fingerprint density at radius 1 is 0.894 bits per heavy atom. The maximum absolute atomic E-state index is 13.9. The summed E-state index contributed by atoms with van der Waals surface area (Å²) in [6.45, 7) is 4.74. The van der Waals surface area contributed by atoms with Crippen molar-refractivity contribution in [1.82, 2.24) is 15.0 Å². The summed E-state index contributed by atoms with van der Waals surface area (Å²) in [5, 5.41) is 17.6. The minimum atomic E-state index is -5.12. The monoisotopic (exact) mass is 683 g/mol. The van der Waals surface area contributed by atoms with Crippen LogP contribution in [0, 0.1) is 11.8 Å². The highest BCUT2D eigenvalue weighted by Gasteiger charge is 2.37. The number of nitrogens with two attached hydrogens (primary N) is 1. The zero-order valence-electron chi connectivity index (χ0n) is 25.9. The van der Waals surface area contributed by atoms with E-state index in [0.717, 1.165) is 41.8 Å². The molecule has 1 aromatic carbocycles. The predicted molar refractivity (Wildman–Crippen MR) is 159 cm³/mol. The van der Waals surface area contributed by atoms with Crippen molar-refractivity contribution in [2.24, 2.45) is 27.8 Å². The van der Waals surface area contributed by atoms with E-state index in [1.807, 2.05) is 0 Å². The molecule has 8 nitrogen and oxygen atoms in total. The van der Waals surface area contributed by atoms with E-state index < -0.39 is 59.8 Å². The molecule has 0 aliphatic heterocycles. The molecule has 2 aromatic rings. The van der Waals surface area contributed by atoms with Gasteiger partial charge in [-0.2, -0.15) is 49.7 Å². The van der Waals surface area contributed by atoms with Crippen molar-refractivity contribution in [3.05, 3.63) is 58.3 Å². The molecular formula is C30H38F9N7O. The standard InChI is InChI=1S/C30H38F9N7O/c1-4-45(16-20-7-5-19(6-8-20)9-10-47)26-22(13-25(15-42-26)30(37,38)39)18-46(27(40)43-44(3)41-2)17-21-11-23(28(31,32)33)14-24(12-21)29(34,35)36/h11-15,19-20,47H,2,4-10,16-18H2,1,3H3,(H2,40,43)/t19-,20-. The second-order valence-electron chi connectivity index (χ2n) is 11.5. The molecule has 17 heteroatoms. The molecule has 0 bridgehead atoms. The van der Waals surface area contributed by atoms with Gasteiger partial charge >= 0.3 is 18.5 Å². The minimum Gasteiger partial charge on any atom is -0.396 e. The number of guanidine groups is 1. The number of hydrazone groups is 2. The van der Waals surface area contributed by atoms with E-state index >= 15 is 0 Å². The summed E-state index contributed by atoms with van der Waals surface area (Å²) in [5.41, 5.74) is 1.43. The molecule has 0 radical (unpaired) electrons. The van der Waals surface area contributed by atoms with Crippen LogP contribution in [0.3, 0.4) is 0 Å². The van der Waals surface area contributed by atoms with Crippen molar-refractivity contribution < 1.29 is 44.6 Å². The first-order chi connectivity index (χ1) is 21.8. The van der Waals surface area contributed by atoms with Crippen LogP contribution in [0.15, 0.2) is 40.7 Å². The van der Waals surface area contributed by atoms with E-state index in [0.29, 0.717) is 43.8 Å². The van der Waals surface area contributed by atoms with Crippen molar-refractivity contribution in [3.63, 3.8) is 0 Å². The molecule has 3 rings (SSSR count). The number of halogens is 9. The smallest absolute Gasteiger partial charge is 0.396 e. The van der Waals surface area contributed by atoms with Crippen LogP contribution in [-0.2, 0) is 31.6 Å². The topological polar surface area (TPSA) is 93.6 Å². The fraction of sp³-hybridized carbons (Fsp3) is 0.567. The SMILES string of the molecule is C=NN(C)/N=C(\N)N(Cc1cc(C(F)(F)F)cc(C(F)(F)F)c1)Cc1cc(C(F)(F)F)cnc1N(CC)C[C@H]1CC[C@H](CCO)CC1. The highest BCUT2D eigenvalue weighted by atomic mass is 19.4. The van der Waals surface area contributed by atoms with E-state index in [2.05, 4.69) is 21.9 Å². The molecule has 0 saturated heterocycles. The van der Waals surface area contributed by atoms with Crippen LogP contribution in [-0.4, -0.2) is 59.5 Å². The Hall–Kier alpha value is -3.76. The summed E-state index contributed by atoms with van der Waals surface area (Å²) in [5.74, 6) is 0.270. The third kappa shape index (κ3) is 10.6. The first-order valence-electron chi connectivity index (χ1n) is 14.8. The number of nitrogens with zero attached hydrogens (tertiary/aromatic N) is 6. The number of hydrogen-bond acceptors (Lipinski definition) is 6. The largest absolute Gasteiger partial charge is 0.417 e. The van der Waals surface area contributed by atoms with Crippen LogP contribution in [0.1, 0.15) is 66.8 Å². The van der Waals surface area contributed by atoms with Crippen molar-refractivity contribution in [2.75, 3.05) is 31.6 Å². The highest BCUT2D eigenvalue weighted by Crippen LogP contribution is 2.38. The van der Waals surface area contributed by atoms with E-state index in [1.165, 1.54) is 7.05 Å². The molecule has 1 fully saturated rings. The second-order valence-corrected chi connectivity index (χ2v) is 11.5. The van der Waals surface area contributed by atoms with Gasteiger partial charge in [-0.25, -0.2) is 4.98 Å². The van der Waals surface area contributed by atoms with Gasteiger partial charge in [-0.15, -0.1) is 5.10 Å². The summed E-state index contributed by atoms with van der Waals surface area (Å²) in [7, 11) is 1.30. The van der Waals surface area contributed by atoms with Crippen LogP contribution >= 0.6 is 0 Å². The number of aliphatic hydroxyl groups is 1. The number of rotatable bonds is 12. The molecule has 262 valence electrons. The van der Waals surface area contributed by atoms with Gasteiger partial charge in [0.1, 0.15) is 5.82 Å². The van der Waals surface area contributed by atoms with Gasteiger partial charge in [-0.05, 0) is 67.9 Å². The van der Waals surface area contributed by atoms with Crippen LogP contribution in [0.25, 0.3) is 0 Å². The van der Waals surface area contributed by atoms with Crippen molar-refractivity contribution in [3.8, 4) is 0 Å². The molecule has 1 aromatic heterocycles. The number of benzene rings is 1. The number of hydrogen-bond donors (Lipinski definition) is 2. The molecule has 0 amide bonds. The second kappa shape index (κ2) is 15.4. The number of aliphatic hydroxyl groups excluding tert-OH is 1. The lowest BCUT2D eigenvalue weighted by Crippen LogP contribution is -2.39. The summed E-state index contributed by atoms with van der Waals surface area (Å²) >= 11 is 0. The average molecular weight is 684 g/mol. The van der Waals surface area contributed by atoms with Gasteiger partial charge in [0.15, 0.2) is 0 Å². The Morgan fingerprint density at radius 2 is 1.45 bits per heavy atom. The summed E-state index contributed by atoms with van der Waals surface area (Å²) in [4.78, 5) is 6.99. The Bertz CT molecular complexity index is 1340. The Morgan fingerprint density at radius 3 is 1.94 bits per heavy atom. The number of anilines is 1. The molecule has 47 heavy (non-hydrogen) atoms. The lowest BCUT2D eigenvalue weighted by molar-refractivity contribution is -0.143. The molecule has 1 aliphatic rings. The molecule has 1 heterocycles. The minimum absolute atomic E-state index is 0.0219. The summed E-state index contributed by atoms with van der Waals surface area (Å²) in [6.07, 6.45) is -10.2. The van der Waals surface area contributed by atoms with E-state index in [1.54, 1.807) is 11.8 Å². The summed E-state index contributed by atoms with van der Waals surface area (Å²) in [6, 6.07) is 1.85. The normalized spacial score (nSPS) is 17.8. The Kier molecular flexibility index (Phi) is 12.4. The third-order valence-corrected chi connectivity index (χ3v) is 8.09. The van der Waals surface area contributed by atoms with Crippen molar-refractivity contribution in [2.45, 2.75) is 70.6 Å². The average Bonchev–Trinajstić information content (AvgIpc) is 2.99. The van der Waals surface area contributed by atoms with Crippen LogP contribution < -0.4 is 10.6 Å². The lowest BCUT2D eigenvalue weighted by atomic mass is 9.80. The van der Waals surface area contributed by atoms with Gasteiger partial charge in [0.05, 0.1) is 16.7 Å². The lowest BCUT2D eigenvalue weighted by Gasteiger charge is -2.34. The van der Waals surface area contributed by atoms with Crippen LogP contribution in [0.4, 0.5) is 45.3 Å². The van der Waals surface area contributed by atoms with Gasteiger partial charge in [0, 0.05) is 58.3 Å². The maximum atomic E-state index is 13.9. The Labute approximate surface area is 266 Å². The molecular weight excluding hydrogens is 645 g/mol. The fourth-order valence-corrected chi connectivity index (χ4v) is 5.62. The molecule has 0 atom stereocenters. The third-order valence-electron chi connectivity index (χ3n) is 8.09. The van der Waals surface area contributed by atoms with Crippen molar-refractivity contribution in [1.29, 1.82) is 0 Å². The molecule has 3 N–H and O–H groups in total. The van der Waals surface area contributed by atoms with Gasteiger partial charge in [0.25, 0.3) is 0 Å². The first-order valence-corrected chi connectivity index (χ1v) is 14.8. The zero-order chi connectivity index (χ0) is 35.2. The highest BCUT2D eigenvalue weighted by molar-refractivity contribution is 5.78. The van der Waals surface area contributed by atoms with Crippen molar-refractivity contribution >= 4 is 18.5 Å². The maximum Gasteiger partial charge on any atom is 0.417 e. The van der Waals surface area contributed by atoms with Gasteiger partial charge in [-0.3, -0.25) is 0 Å². The van der Waals surface area contributed by atoms with E-state index in [9.17, 15) is 44.6 Å². The fourth-order valence-electron chi connectivity index (χ4n) is 5.62. The van der Waals surface area contributed by atoms with E-state index in [4.69, 9.17) is 5.73 Å².